The zero-order chi connectivity index (χ0) is 36.2. The number of hydrogen-bond acceptors (Lipinski definition) is 6. The Morgan fingerprint density at radius 2 is 0.673 bits per heavy atom. The average molecular weight is 695 g/mol. The van der Waals surface area contributed by atoms with Crippen LogP contribution in [0.4, 0.5) is 0 Å². The van der Waals surface area contributed by atoms with Crippen LogP contribution in [-0.4, -0.2) is 37.2 Å². The molecule has 0 amide bonds. The second kappa shape index (κ2) is 36.2. The van der Waals surface area contributed by atoms with Gasteiger partial charge in [-0.05, 0) is 31.1 Å². The van der Waals surface area contributed by atoms with Gasteiger partial charge in [0.1, 0.15) is 13.2 Å². The molecule has 0 saturated heterocycles. The molecule has 0 heterocycles. The Morgan fingerprint density at radius 3 is 1.00 bits per heavy atom. The van der Waals surface area contributed by atoms with Gasteiger partial charge in [0.05, 0.1) is 0 Å². The predicted molar refractivity (Wildman–Crippen MR) is 206 cm³/mol. The maximum atomic E-state index is 12.5. The Morgan fingerprint density at radius 1 is 0.388 bits per heavy atom. The van der Waals surface area contributed by atoms with Crippen molar-refractivity contribution in [1.82, 2.24) is 0 Å². The number of hydrogen-bond donors (Lipinski definition) is 0. The number of carbonyl (C=O) groups is 3. The lowest BCUT2D eigenvalue weighted by molar-refractivity contribution is -0.167. The van der Waals surface area contributed by atoms with Crippen LogP contribution in [0.1, 0.15) is 227 Å². The predicted octanol–water partition coefficient (Wildman–Crippen LogP) is 13.0. The third kappa shape index (κ3) is 37.5. The van der Waals surface area contributed by atoms with Gasteiger partial charge in [0.15, 0.2) is 6.10 Å². The molecular formula is C43H82O6. The molecule has 0 saturated carbocycles. The normalized spacial score (nSPS) is 12.1. The fourth-order valence-corrected chi connectivity index (χ4v) is 6.22. The Kier molecular flexibility index (Phi) is 35.0. The van der Waals surface area contributed by atoms with Crippen LogP contribution in [-0.2, 0) is 28.6 Å². The molecule has 0 aromatic rings. The molecule has 0 unspecified atom stereocenters. The lowest BCUT2D eigenvalue weighted by Gasteiger charge is -2.18. The molecule has 0 aliphatic carbocycles. The van der Waals surface area contributed by atoms with Crippen LogP contribution >= 0.6 is 0 Å². The van der Waals surface area contributed by atoms with E-state index in [1.54, 1.807) is 0 Å². The SMILES string of the molecule is CCCCCCCC(=O)O[C@@H](COC(=O)CCCCCCCCCCCCCC(C)C)COC(=O)CCCCCCCCCCCC(C)C. The standard InChI is InChI=1S/C43H82O6/c1-6-7-8-21-30-35-43(46)49-40(37-48-42(45)34-29-25-20-16-12-14-18-23-27-32-39(4)5)36-47-41(44)33-28-24-19-15-11-9-10-13-17-22-26-31-38(2)3/h38-40H,6-37H2,1-5H3/t40-/m0/s1. The van der Waals surface area contributed by atoms with Gasteiger partial charge in [0.25, 0.3) is 0 Å². The highest BCUT2D eigenvalue weighted by atomic mass is 16.6. The lowest BCUT2D eigenvalue weighted by Crippen LogP contribution is -2.30. The highest BCUT2D eigenvalue weighted by Crippen LogP contribution is 2.16. The molecule has 1 atom stereocenters. The van der Waals surface area contributed by atoms with Crippen molar-refractivity contribution in [3.63, 3.8) is 0 Å². The second-order valence-corrected chi connectivity index (χ2v) is 15.6. The van der Waals surface area contributed by atoms with E-state index in [1.807, 2.05) is 0 Å². The summed E-state index contributed by atoms with van der Waals surface area (Å²) in [6.45, 7) is 11.2. The van der Waals surface area contributed by atoms with E-state index in [-0.39, 0.29) is 31.1 Å². The van der Waals surface area contributed by atoms with Crippen LogP contribution in [0, 0.1) is 11.8 Å². The van der Waals surface area contributed by atoms with Gasteiger partial charge in [-0.25, -0.2) is 0 Å². The van der Waals surface area contributed by atoms with Crippen LogP contribution in [0.2, 0.25) is 0 Å². The first-order chi connectivity index (χ1) is 23.7. The third-order valence-corrected chi connectivity index (χ3v) is 9.47. The smallest absolute Gasteiger partial charge is 0.306 e. The molecule has 6 heteroatoms. The molecule has 0 spiro atoms. The molecule has 6 nitrogen and oxygen atoms in total. The van der Waals surface area contributed by atoms with E-state index < -0.39 is 6.10 Å². The highest BCUT2D eigenvalue weighted by Gasteiger charge is 2.19. The van der Waals surface area contributed by atoms with E-state index in [0.717, 1.165) is 76.0 Å². The van der Waals surface area contributed by atoms with Crippen molar-refractivity contribution in [3.8, 4) is 0 Å². The summed E-state index contributed by atoms with van der Waals surface area (Å²) < 4.78 is 16.6. The first kappa shape index (κ1) is 47.4. The summed E-state index contributed by atoms with van der Waals surface area (Å²) in [5, 5.41) is 0. The summed E-state index contributed by atoms with van der Waals surface area (Å²) in [5.74, 6) is 0.759. The summed E-state index contributed by atoms with van der Waals surface area (Å²) in [4.78, 5) is 37.3. The maximum Gasteiger partial charge on any atom is 0.306 e. The topological polar surface area (TPSA) is 78.9 Å². The maximum absolute atomic E-state index is 12.5. The third-order valence-electron chi connectivity index (χ3n) is 9.47. The van der Waals surface area contributed by atoms with Gasteiger partial charge in [-0.3, -0.25) is 14.4 Å². The summed E-state index contributed by atoms with van der Waals surface area (Å²) in [6.07, 6.45) is 32.6. The number of carbonyl (C=O) groups excluding carboxylic acids is 3. The van der Waals surface area contributed by atoms with Gasteiger partial charge in [0.2, 0.25) is 0 Å². The van der Waals surface area contributed by atoms with E-state index in [1.165, 1.54) is 109 Å². The molecule has 0 fully saturated rings. The van der Waals surface area contributed by atoms with E-state index in [2.05, 4.69) is 34.6 Å². The Bertz CT molecular complexity index is 749. The van der Waals surface area contributed by atoms with E-state index in [4.69, 9.17) is 14.2 Å². The summed E-state index contributed by atoms with van der Waals surface area (Å²) in [5.41, 5.74) is 0. The molecule has 0 radical (unpaired) electrons. The molecule has 0 rings (SSSR count). The van der Waals surface area contributed by atoms with Crippen molar-refractivity contribution in [1.29, 1.82) is 0 Å². The van der Waals surface area contributed by atoms with Gasteiger partial charge in [-0.2, -0.15) is 0 Å². The average Bonchev–Trinajstić information content (AvgIpc) is 3.06. The molecule has 49 heavy (non-hydrogen) atoms. The fraction of sp³-hybridized carbons (Fsp3) is 0.930. The summed E-state index contributed by atoms with van der Waals surface area (Å²) >= 11 is 0. The van der Waals surface area contributed by atoms with Gasteiger partial charge >= 0.3 is 17.9 Å². The van der Waals surface area contributed by atoms with E-state index in [0.29, 0.717) is 19.3 Å². The lowest BCUT2D eigenvalue weighted by atomic mass is 10.0. The van der Waals surface area contributed by atoms with Crippen molar-refractivity contribution in [2.45, 2.75) is 233 Å². The molecule has 0 aromatic carbocycles. The molecular weight excluding hydrogens is 612 g/mol. The minimum Gasteiger partial charge on any atom is -0.462 e. The number of rotatable bonds is 37. The molecule has 0 aromatic heterocycles. The van der Waals surface area contributed by atoms with Crippen molar-refractivity contribution in [2.24, 2.45) is 11.8 Å². The minimum atomic E-state index is -0.758. The van der Waals surface area contributed by atoms with Gasteiger partial charge < -0.3 is 14.2 Å². The number of ether oxygens (including phenoxy) is 3. The number of esters is 3. The molecule has 0 aliphatic heterocycles. The van der Waals surface area contributed by atoms with E-state index in [9.17, 15) is 14.4 Å². The zero-order valence-corrected chi connectivity index (χ0v) is 33.3. The van der Waals surface area contributed by atoms with Crippen LogP contribution in [0.3, 0.4) is 0 Å². The monoisotopic (exact) mass is 695 g/mol. The quantitative estimate of drug-likeness (QED) is 0.0366. The second-order valence-electron chi connectivity index (χ2n) is 15.6. The van der Waals surface area contributed by atoms with Crippen LogP contribution in [0.15, 0.2) is 0 Å². The minimum absolute atomic E-state index is 0.0668. The van der Waals surface area contributed by atoms with Gasteiger partial charge in [-0.15, -0.1) is 0 Å². The molecule has 0 N–H and O–H groups in total. The molecule has 290 valence electrons. The van der Waals surface area contributed by atoms with E-state index >= 15 is 0 Å². The largest absolute Gasteiger partial charge is 0.462 e. The van der Waals surface area contributed by atoms with Crippen molar-refractivity contribution in [3.05, 3.63) is 0 Å². The Labute approximate surface area is 304 Å². The summed E-state index contributed by atoms with van der Waals surface area (Å²) in [7, 11) is 0. The van der Waals surface area contributed by atoms with Crippen molar-refractivity contribution >= 4 is 17.9 Å². The van der Waals surface area contributed by atoms with Gasteiger partial charge in [0, 0.05) is 19.3 Å². The summed E-state index contributed by atoms with van der Waals surface area (Å²) in [6, 6.07) is 0. The first-order valence-electron chi connectivity index (χ1n) is 21.2. The number of unbranched alkanes of at least 4 members (excludes halogenated alkanes) is 22. The first-order valence-corrected chi connectivity index (χ1v) is 21.2. The molecule has 0 aliphatic rings. The van der Waals surface area contributed by atoms with Crippen molar-refractivity contribution < 1.29 is 28.6 Å². The Hall–Kier alpha value is -1.59. The van der Waals surface area contributed by atoms with Crippen LogP contribution in [0.5, 0.6) is 0 Å². The van der Waals surface area contributed by atoms with Crippen molar-refractivity contribution in [2.75, 3.05) is 13.2 Å². The van der Waals surface area contributed by atoms with Crippen LogP contribution < -0.4 is 0 Å². The van der Waals surface area contributed by atoms with Crippen LogP contribution in [0.25, 0.3) is 0 Å². The van der Waals surface area contributed by atoms with Gasteiger partial charge in [-0.1, -0.05) is 189 Å². The Balaban J connectivity index is 4.18. The highest BCUT2D eigenvalue weighted by molar-refractivity contribution is 5.71. The fourth-order valence-electron chi connectivity index (χ4n) is 6.22. The zero-order valence-electron chi connectivity index (χ0n) is 33.3. The molecule has 0 bridgehead atoms.